The third-order valence-electron chi connectivity index (χ3n) is 1.45. The van der Waals surface area contributed by atoms with Crippen LogP contribution in [0.2, 0.25) is 0 Å². The summed E-state index contributed by atoms with van der Waals surface area (Å²) in [5.41, 5.74) is 1.05. The predicted molar refractivity (Wildman–Crippen MR) is 49.9 cm³/mol. The Morgan fingerprint density at radius 3 is 2.58 bits per heavy atom. The maximum Gasteiger partial charge on any atom is 0.0101 e. The van der Waals surface area contributed by atoms with Crippen LogP contribution in [0.3, 0.4) is 0 Å². The highest BCUT2D eigenvalue weighted by atomic mass is 16.3. The van der Waals surface area contributed by atoms with Crippen LogP contribution in [-0.4, -0.2) is 12.2 Å². The fourth-order valence-corrected chi connectivity index (χ4v) is 0.809. The summed E-state index contributed by atoms with van der Waals surface area (Å²) >= 11 is 0. The first kappa shape index (κ1) is 8.97. The van der Waals surface area contributed by atoms with Crippen LogP contribution >= 0.6 is 0 Å². The second-order valence-electron chi connectivity index (χ2n) is 2.33. The average Bonchev–Trinajstić information content (AvgIpc) is 2.16. The smallest absolute Gasteiger partial charge is 0.0101 e. The van der Waals surface area contributed by atoms with E-state index in [9.17, 15) is 0 Å². The standard InChI is InChI=1S/C10H11NO/c1-11-10(12)8-7-9-5-3-2-4-6-9/h2-8,12H,1H3/q-1. The number of rotatable bonds is 3. The van der Waals surface area contributed by atoms with Gasteiger partial charge in [-0.25, -0.2) is 0 Å². The number of nitrogens with zero attached hydrogens (tertiary/aromatic N) is 1. The molecule has 0 spiro atoms. The van der Waals surface area contributed by atoms with E-state index in [2.05, 4.69) is 5.32 Å². The van der Waals surface area contributed by atoms with E-state index in [0.717, 1.165) is 5.56 Å². The number of aliphatic hydroxyl groups is 1. The molecule has 0 aromatic heterocycles. The molecular weight excluding hydrogens is 150 g/mol. The van der Waals surface area contributed by atoms with Crippen molar-refractivity contribution in [2.45, 2.75) is 0 Å². The minimum absolute atomic E-state index is 0.0406. The normalized spacial score (nSPS) is 11.2. The molecule has 12 heavy (non-hydrogen) atoms. The van der Waals surface area contributed by atoms with Gasteiger partial charge in [-0.3, -0.25) is 0 Å². The lowest BCUT2D eigenvalue weighted by molar-refractivity contribution is 0.362. The summed E-state index contributed by atoms with van der Waals surface area (Å²) in [5.74, 6) is 0. The Kier molecular flexibility index (Phi) is 3.51. The lowest BCUT2D eigenvalue weighted by atomic mass is 10.2. The van der Waals surface area contributed by atoms with Crippen LogP contribution in [-0.2, 0) is 0 Å². The zero-order chi connectivity index (χ0) is 8.81. The summed E-state index contributed by atoms with van der Waals surface area (Å²) in [5, 5.41) is 12.6. The summed E-state index contributed by atoms with van der Waals surface area (Å²) < 4.78 is 0. The molecule has 0 saturated carbocycles. The first-order chi connectivity index (χ1) is 5.83. The Morgan fingerprint density at radius 1 is 1.33 bits per heavy atom. The molecule has 0 amide bonds. The minimum atomic E-state index is 0.0406. The van der Waals surface area contributed by atoms with Gasteiger partial charge in [0.25, 0.3) is 0 Å². The van der Waals surface area contributed by atoms with E-state index in [1.165, 1.54) is 0 Å². The molecule has 0 aliphatic heterocycles. The molecule has 0 unspecified atom stereocenters. The third-order valence-corrected chi connectivity index (χ3v) is 1.45. The molecule has 0 aliphatic rings. The van der Waals surface area contributed by atoms with Crippen molar-refractivity contribution in [3.63, 3.8) is 0 Å². The van der Waals surface area contributed by atoms with E-state index in [-0.39, 0.29) is 6.23 Å². The van der Waals surface area contributed by atoms with Crippen LogP contribution < -0.4 is 0 Å². The van der Waals surface area contributed by atoms with Gasteiger partial charge in [-0.1, -0.05) is 42.5 Å². The van der Waals surface area contributed by atoms with Crippen molar-refractivity contribution in [3.8, 4) is 0 Å². The van der Waals surface area contributed by atoms with Crippen LogP contribution in [0.5, 0.6) is 0 Å². The van der Waals surface area contributed by atoms with Gasteiger partial charge in [0, 0.05) is 6.23 Å². The van der Waals surface area contributed by atoms with Crippen LogP contribution in [0.15, 0.2) is 36.4 Å². The topological polar surface area (TPSA) is 34.3 Å². The summed E-state index contributed by atoms with van der Waals surface area (Å²) in [6.07, 6.45) is 3.41. The highest BCUT2D eigenvalue weighted by Crippen LogP contribution is 2.07. The number of hydrogen-bond acceptors (Lipinski definition) is 1. The van der Waals surface area contributed by atoms with Gasteiger partial charge in [0.2, 0.25) is 0 Å². The Hall–Kier alpha value is -1.12. The second kappa shape index (κ2) is 4.70. The van der Waals surface area contributed by atoms with Crippen LogP contribution in [0.25, 0.3) is 11.4 Å². The quantitative estimate of drug-likeness (QED) is 0.726. The Balaban J connectivity index is 2.58. The molecular formula is C10H11NO-. The largest absolute Gasteiger partial charge is 0.632 e. The highest BCUT2D eigenvalue weighted by Gasteiger charge is 1.83. The second-order valence-corrected chi connectivity index (χ2v) is 2.33. The van der Waals surface area contributed by atoms with Crippen molar-refractivity contribution in [1.82, 2.24) is 0 Å². The molecule has 0 fully saturated rings. The van der Waals surface area contributed by atoms with E-state index in [1.54, 1.807) is 13.1 Å². The molecule has 0 heterocycles. The average molecular weight is 161 g/mol. The summed E-state index contributed by atoms with van der Waals surface area (Å²) in [4.78, 5) is 0. The molecule has 0 aliphatic carbocycles. The predicted octanol–water partition coefficient (Wildman–Crippen LogP) is 2.57. The lowest BCUT2D eigenvalue weighted by Gasteiger charge is -2.14. The molecule has 63 valence electrons. The third kappa shape index (κ3) is 2.86. The van der Waals surface area contributed by atoms with Crippen LogP contribution in [0, 0.1) is 6.23 Å². The summed E-state index contributed by atoms with van der Waals surface area (Å²) in [6.45, 7) is 0. The first-order valence-corrected chi connectivity index (χ1v) is 3.72. The van der Waals surface area contributed by atoms with E-state index in [0.29, 0.717) is 0 Å². The zero-order valence-corrected chi connectivity index (χ0v) is 6.94. The Morgan fingerprint density at radius 2 is 2.00 bits per heavy atom. The van der Waals surface area contributed by atoms with Gasteiger partial charge in [-0.2, -0.15) is 7.05 Å². The van der Waals surface area contributed by atoms with Gasteiger partial charge in [0.15, 0.2) is 0 Å². The first-order valence-electron chi connectivity index (χ1n) is 3.72. The van der Waals surface area contributed by atoms with Gasteiger partial charge in [0.1, 0.15) is 0 Å². The van der Waals surface area contributed by atoms with Crippen molar-refractivity contribution in [2.24, 2.45) is 0 Å². The molecule has 1 N–H and O–H groups in total. The fourth-order valence-electron chi connectivity index (χ4n) is 0.809. The Labute approximate surface area is 72.5 Å². The Bertz CT molecular complexity index is 243. The molecule has 1 aromatic rings. The molecule has 1 rings (SSSR count). The molecule has 0 atom stereocenters. The zero-order valence-electron chi connectivity index (χ0n) is 6.94. The van der Waals surface area contributed by atoms with E-state index >= 15 is 0 Å². The van der Waals surface area contributed by atoms with Crippen LogP contribution in [0.1, 0.15) is 5.56 Å². The summed E-state index contributed by atoms with van der Waals surface area (Å²) in [6, 6.07) is 9.75. The molecule has 0 saturated heterocycles. The van der Waals surface area contributed by atoms with Crippen LogP contribution in [0.4, 0.5) is 0 Å². The molecule has 1 aromatic carbocycles. The van der Waals surface area contributed by atoms with Crippen molar-refractivity contribution in [3.05, 3.63) is 53.5 Å². The number of likely N-dealkylation sites (N-methyl/N-ethyl adjacent to an activating group) is 1. The maximum atomic E-state index is 8.98. The number of hydrogen-bond donors (Lipinski definition) is 1. The van der Waals surface area contributed by atoms with Crippen molar-refractivity contribution in [2.75, 3.05) is 7.05 Å². The molecule has 2 nitrogen and oxygen atoms in total. The summed E-state index contributed by atoms with van der Waals surface area (Å²) in [7, 11) is 1.55. The number of aliphatic hydroxyl groups excluding tert-OH is 1. The molecule has 1 radical (unpaired) electrons. The van der Waals surface area contributed by atoms with Gasteiger partial charge in [0.05, 0.1) is 0 Å². The van der Waals surface area contributed by atoms with Gasteiger partial charge in [-0.15, -0.1) is 0 Å². The number of benzene rings is 1. The monoisotopic (exact) mass is 161 g/mol. The van der Waals surface area contributed by atoms with Gasteiger partial charge < -0.3 is 10.4 Å². The van der Waals surface area contributed by atoms with E-state index < -0.39 is 0 Å². The van der Waals surface area contributed by atoms with Crippen molar-refractivity contribution in [1.29, 1.82) is 0 Å². The van der Waals surface area contributed by atoms with Gasteiger partial charge >= 0.3 is 0 Å². The van der Waals surface area contributed by atoms with Crippen molar-refractivity contribution >= 4 is 6.08 Å². The minimum Gasteiger partial charge on any atom is -0.632 e. The highest BCUT2D eigenvalue weighted by molar-refractivity contribution is 5.51. The van der Waals surface area contributed by atoms with E-state index in [4.69, 9.17) is 5.11 Å². The fraction of sp³-hybridized carbons (Fsp3) is 0.100. The SMILES string of the molecule is C[N-][C](O)C=Cc1ccccc1. The molecule has 2 heteroatoms. The lowest BCUT2D eigenvalue weighted by Crippen LogP contribution is -1.85. The van der Waals surface area contributed by atoms with Crippen molar-refractivity contribution < 1.29 is 5.11 Å². The molecule has 0 bridgehead atoms. The van der Waals surface area contributed by atoms with E-state index in [1.807, 2.05) is 36.4 Å². The van der Waals surface area contributed by atoms with Gasteiger partial charge in [-0.05, 0) is 5.56 Å². The maximum absolute atomic E-state index is 8.98.